The SMILES string of the molecule is [CH2]CCCCCCCCCc1cccc2ccccc12. The monoisotopic (exact) mass is 267 g/mol. The molecule has 0 aliphatic heterocycles. The highest BCUT2D eigenvalue weighted by molar-refractivity contribution is 5.85. The van der Waals surface area contributed by atoms with Crippen molar-refractivity contribution in [2.45, 2.75) is 57.8 Å². The molecule has 0 saturated heterocycles. The lowest BCUT2D eigenvalue weighted by molar-refractivity contribution is 0.581. The van der Waals surface area contributed by atoms with Crippen LogP contribution in [0.4, 0.5) is 0 Å². The molecule has 2 aromatic rings. The Morgan fingerprint density at radius 2 is 1.30 bits per heavy atom. The van der Waals surface area contributed by atoms with E-state index in [0.717, 1.165) is 6.42 Å². The summed E-state index contributed by atoms with van der Waals surface area (Å²) < 4.78 is 0. The van der Waals surface area contributed by atoms with Crippen molar-refractivity contribution < 1.29 is 0 Å². The van der Waals surface area contributed by atoms with Gasteiger partial charge in [0, 0.05) is 0 Å². The second kappa shape index (κ2) is 8.79. The largest absolute Gasteiger partial charge is 0.0616 e. The van der Waals surface area contributed by atoms with Crippen LogP contribution in [0.1, 0.15) is 56.9 Å². The number of rotatable bonds is 9. The molecular weight excluding hydrogens is 240 g/mol. The highest BCUT2D eigenvalue weighted by Gasteiger charge is 2.00. The smallest absolute Gasteiger partial charge is 0.0152 e. The van der Waals surface area contributed by atoms with Gasteiger partial charge in [0.05, 0.1) is 0 Å². The van der Waals surface area contributed by atoms with Gasteiger partial charge in [-0.3, -0.25) is 0 Å². The Kier molecular flexibility index (Phi) is 6.63. The van der Waals surface area contributed by atoms with Crippen LogP contribution in [0.25, 0.3) is 10.8 Å². The lowest BCUT2D eigenvalue weighted by Gasteiger charge is -2.06. The van der Waals surface area contributed by atoms with Crippen molar-refractivity contribution in [2.24, 2.45) is 0 Å². The number of fused-ring (bicyclic) bond motifs is 1. The van der Waals surface area contributed by atoms with Gasteiger partial charge >= 0.3 is 0 Å². The first-order chi connectivity index (χ1) is 9.92. The van der Waals surface area contributed by atoms with Crippen molar-refractivity contribution >= 4 is 10.8 Å². The maximum absolute atomic E-state index is 3.89. The second-order valence-corrected chi connectivity index (χ2v) is 5.72. The normalized spacial score (nSPS) is 11.1. The zero-order valence-electron chi connectivity index (χ0n) is 12.6. The van der Waals surface area contributed by atoms with Gasteiger partial charge in [-0.15, -0.1) is 0 Å². The molecule has 0 bridgehead atoms. The van der Waals surface area contributed by atoms with Gasteiger partial charge in [0.15, 0.2) is 0 Å². The molecule has 0 heterocycles. The second-order valence-electron chi connectivity index (χ2n) is 5.72. The molecule has 0 amide bonds. The van der Waals surface area contributed by atoms with E-state index in [1.807, 2.05) is 0 Å². The highest BCUT2D eigenvalue weighted by Crippen LogP contribution is 2.20. The average molecular weight is 267 g/mol. The van der Waals surface area contributed by atoms with E-state index in [0.29, 0.717) is 0 Å². The summed E-state index contributed by atoms with van der Waals surface area (Å²) in [6, 6.07) is 15.4. The Morgan fingerprint density at radius 3 is 2.10 bits per heavy atom. The summed E-state index contributed by atoms with van der Waals surface area (Å²) in [7, 11) is 0. The number of aryl methyl sites for hydroxylation is 1. The summed E-state index contributed by atoms with van der Waals surface area (Å²) in [5.41, 5.74) is 1.51. The number of hydrogen-bond acceptors (Lipinski definition) is 0. The number of hydrogen-bond donors (Lipinski definition) is 0. The minimum atomic E-state index is 1.10. The third-order valence-electron chi connectivity index (χ3n) is 4.08. The van der Waals surface area contributed by atoms with E-state index in [2.05, 4.69) is 49.4 Å². The van der Waals surface area contributed by atoms with Gasteiger partial charge in [-0.1, -0.05) is 94.3 Å². The molecule has 0 aliphatic carbocycles. The zero-order chi connectivity index (χ0) is 14.0. The van der Waals surface area contributed by atoms with Crippen LogP contribution in [0.3, 0.4) is 0 Å². The van der Waals surface area contributed by atoms with Gasteiger partial charge in [0.1, 0.15) is 0 Å². The van der Waals surface area contributed by atoms with Crippen LogP contribution >= 0.6 is 0 Å². The van der Waals surface area contributed by atoms with Crippen LogP contribution in [0.15, 0.2) is 42.5 Å². The van der Waals surface area contributed by atoms with Crippen LogP contribution in [0.5, 0.6) is 0 Å². The van der Waals surface area contributed by atoms with Crippen LogP contribution in [0, 0.1) is 6.92 Å². The van der Waals surface area contributed by atoms with E-state index < -0.39 is 0 Å². The molecule has 2 aromatic carbocycles. The molecule has 0 atom stereocenters. The first-order valence-corrected chi connectivity index (χ1v) is 8.17. The first-order valence-electron chi connectivity index (χ1n) is 8.17. The fourth-order valence-corrected chi connectivity index (χ4v) is 2.89. The lowest BCUT2D eigenvalue weighted by atomic mass is 9.99. The summed E-state index contributed by atoms with van der Waals surface area (Å²) in [4.78, 5) is 0. The molecule has 0 aromatic heterocycles. The maximum atomic E-state index is 3.89. The summed E-state index contributed by atoms with van der Waals surface area (Å²) in [6.45, 7) is 3.89. The van der Waals surface area contributed by atoms with Gasteiger partial charge < -0.3 is 0 Å². The molecule has 0 unspecified atom stereocenters. The van der Waals surface area contributed by atoms with Crippen molar-refractivity contribution in [3.63, 3.8) is 0 Å². The third-order valence-corrected chi connectivity index (χ3v) is 4.08. The Bertz CT molecular complexity index is 493. The molecule has 1 radical (unpaired) electrons. The predicted molar refractivity (Wildman–Crippen MR) is 89.9 cm³/mol. The van der Waals surface area contributed by atoms with Gasteiger partial charge in [0.2, 0.25) is 0 Å². The molecule has 0 fully saturated rings. The minimum absolute atomic E-state index is 1.10. The Labute approximate surface area is 124 Å². The van der Waals surface area contributed by atoms with Crippen molar-refractivity contribution in [2.75, 3.05) is 0 Å². The van der Waals surface area contributed by atoms with Gasteiger partial charge in [0.25, 0.3) is 0 Å². The molecule has 0 spiro atoms. The van der Waals surface area contributed by atoms with Crippen molar-refractivity contribution in [1.29, 1.82) is 0 Å². The highest BCUT2D eigenvalue weighted by atomic mass is 14.0. The molecule has 107 valence electrons. The summed E-state index contributed by atoms with van der Waals surface area (Å²) in [5, 5.41) is 2.81. The van der Waals surface area contributed by atoms with Crippen molar-refractivity contribution in [3.05, 3.63) is 55.0 Å². The first kappa shape index (κ1) is 15.1. The third kappa shape index (κ3) is 4.67. The summed E-state index contributed by atoms with van der Waals surface area (Å²) in [5.74, 6) is 0. The number of benzene rings is 2. The van der Waals surface area contributed by atoms with E-state index in [-0.39, 0.29) is 0 Å². The van der Waals surface area contributed by atoms with Crippen LogP contribution in [0.2, 0.25) is 0 Å². The van der Waals surface area contributed by atoms with Gasteiger partial charge in [-0.25, -0.2) is 0 Å². The molecule has 0 N–H and O–H groups in total. The fraction of sp³-hybridized carbons (Fsp3) is 0.450. The average Bonchev–Trinajstić information content (AvgIpc) is 2.50. The molecule has 0 nitrogen and oxygen atoms in total. The Morgan fingerprint density at radius 1 is 0.650 bits per heavy atom. The number of unbranched alkanes of at least 4 members (excludes halogenated alkanes) is 7. The summed E-state index contributed by atoms with van der Waals surface area (Å²) >= 11 is 0. The molecular formula is C20H27. The standard InChI is InChI=1S/C20H27/c1-2-3-4-5-6-7-8-9-13-18-15-12-16-19-14-10-11-17-20(18)19/h10-12,14-17H,1-9,13H2. The van der Waals surface area contributed by atoms with Crippen LogP contribution < -0.4 is 0 Å². The molecule has 20 heavy (non-hydrogen) atoms. The Hall–Kier alpha value is -1.30. The van der Waals surface area contributed by atoms with E-state index in [9.17, 15) is 0 Å². The van der Waals surface area contributed by atoms with Crippen molar-refractivity contribution in [3.8, 4) is 0 Å². The van der Waals surface area contributed by atoms with Crippen molar-refractivity contribution in [1.82, 2.24) is 0 Å². The maximum Gasteiger partial charge on any atom is -0.0152 e. The lowest BCUT2D eigenvalue weighted by Crippen LogP contribution is -1.88. The predicted octanol–water partition coefficient (Wildman–Crippen LogP) is 6.34. The van der Waals surface area contributed by atoms with Gasteiger partial charge in [-0.2, -0.15) is 0 Å². The van der Waals surface area contributed by atoms with E-state index in [1.54, 1.807) is 0 Å². The fourth-order valence-electron chi connectivity index (χ4n) is 2.89. The Balaban J connectivity index is 1.71. The van der Waals surface area contributed by atoms with Crippen LogP contribution in [-0.4, -0.2) is 0 Å². The molecule has 0 heteroatoms. The van der Waals surface area contributed by atoms with E-state index in [4.69, 9.17) is 0 Å². The quantitative estimate of drug-likeness (QED) is 0.465. The molecule has 0 saturated carbocycles. The molecule has 0 aliphatic rings. The molecule has 2 rings (SSSR count). The minimum Gasteiger partial charge on any atom is -0.0616 e. The van der Waals surface area contributed by atoms with E-state index >= 15 is 0 Å². The zero-order valence-corrected chi connectivity index (χ0v) is 12.6. The summed E-state index contributed by atoms with van der Waals surface area (Å²) in [6.07, 6.45) is 11.9. The van der Waals surface area contributed by atoms with Crippen LogP contribution in [-0.2, 0) is 6.42 Å². The van der Waals surface area contributed by atoms with E-state index in [1.165, 1.54) is 67.7 Å². The van der Waals surface area contributed by atoms with Gasteiger partial charge in [-0.05, 0) is 29.2 Å². The topological polar surface area (TPSA) is 0 Å².